The van der Waals surface area contributed by atoms with Gasteiger partial charge in [-0.15, -0.1) is 0 Å². The predicted molar refractivity (Wildman–Crippen MR) is 92.2 cm³/mol. The zero-order valence-electron chi connectivity index (χ0n) is 13.1. The first-order valence-corrected chi connectivity index (χ1v) is 7.82. The van der Waals surface area contributed by atoms with Crippen LogP contribution in [0.1, 0.15) is 10.4 Å². The molecule has 1 amide bonds. The third-order valence-electron chi connectivity index (χ3n) is 3.40. The lowest BCUT2D eigenvalue weighted by Gasteiger charge is -2.19. The maximum absolute atomic E-state index is 12.0. The number of nitrogens with two attached hydrogens (primary N) is 1. The lowest BCUT2D eigenvalue weighted by Crippen LogP contribution is -2.21. The van der Waals surface area contributed by atoms with E-state index < -0.39 is 18.5 Å². The van der Waals surface area contributed by atoms with E-state index in [4.69, 9.17) is 31.5 Å². The highest BCUT2D eigenvalue weighted by atomic mass is 35.5. The summed E-state index contributed by atoms with van der Waals surface area (Å²) in [5, 5.41) is 2.96. The monoisotopic (exact) mass is 362 g/mol. The van der Waals surface area contributed by atoms with Gasteiger partial charge in [-0.05, 0) is 30.3 Å². The van der Waals surface area contributed by atoms with Crippen LogP contribution in [-0.2, 0) is 9.53 Å². The molecular weight excluding hydrogens is 348 g/mol. The van der Waals surface area contributed by atoms with Crippen molar-refractivity contribution in [2.75, 3.05) is 30.9 Å². The minimum absolute atomic E-state index is 0.111. The highest BCUT2D eigenvalue weighted by Gasteiger charge is 2.15. The molecule has 2 aromatic carbocycles. The Morgan fingerprint density at radius 3 is 2.68 bits per heavy atom. The van der Waals surface area contributed by atoms with Crippen molar-refractivity contribution in [1.29, 1.82) is 0 Å². The van der Waals surface area contributed by atoms with Gasteiger partial charge in [0, 0.05) is 22.5 Å². The first-order chi connectivity index (χ1) is 12.0. The Labute approximate surface area is 148 Å². The molecule has 3 N–H and O–H groups in total. The first kappa shape index (κ1) is 16.9. The van der Waals surface area contributed by atoms with Crippen molar-refractivity contribution in [3.63, 3.8) is 0 Å². The quantitative estimate of drug-likeness (QED) is 0.640. The molecule has 7 nitrogen and oxygen atoms in total. The molecule has 0 atom stereocenters. The smallest absolute Gasteiger partial charge is 0.340 e. The van der Waals surface area contributed by atoms with Crippen LogP contribution >= 0.6 is 11.6 Å². The molecule has 0 spiro atoms. The molecule has 130 valence electrons. The van der Waals surface area contributed by atoms with Crippen molar-refractivity contribution in [2.24, 2.45) is 0 Å². The predicted octanol–water partition coefficient (Wildman–Crippen LogP) is 2.49. The maximum Gasteiger partial charge on any atom is 0.340 e. The van der Waals surface area contributed by atoms with Gasteiger partial charge >= 0.3 is 5.97 Å². The Hall–Kier alpha value is -2.93. The number of benzene rings is 2. The Kier molecular flexibility index (Phi) is 4.95. The standard InChI is InChI=1S/C17H15ClN2O5/c18-10-1-3-13(19)12(7-10)17(22)25-9-16(21)20-11-2-4-14-15(8-11)24-6-5-23-14/h1-4,7-8H,5-6,9,19H2,(H,20,21). The van der Waals surface area contributed by atoms with Gasteiger partial charge in [-0.2, -0.15) is 0 Å². The van der Waals surface area contributed by atoms with E-state index in [1.165, 1.54) is 12.1 Å². The number of carbonyl (C=O) groups is 2. The zero-order valence-corrected chi connectivity index (χ0v) is 13.8. The molecule has 25 heavy (non-hydrogen) atoms. The first-order valence-electron chi connectivity index (χ1n) is 7.44. The second kappa shape index (κ2) is 7.31. The van der Waals surface area contributed by atoms with Crippen molar-refractivity contribution >= 4 is 34.9 Å². The van der Waals surface area contributed by atoms with Crippen molar-refractivity contribution in [1.82, 2.24) is 0 Å². The lowest BCUT2D eigenvalue weighted by atomic mass is 10.2. The van der Waals surface area contributed by atoms with Gasteiger partial charge in [0.2, 0.25) is 0 Å². The third-order valence-corrected chi connectivity index (χ3v) is 3.63. The summed E-state index contributed by atoms with van der Waals surface area (Å²) in [6.45, 7) is 0.476. The average Bonchev–Trinajstić information content (AvgIpc) is 2.61. The summed E-state index contributed by atoms with van der Waals surface area (Å²) in [5.41, 5.74) is 6.54. The number of nitrogen functional groups attached to an aromatic ring is 1. The number of ether oxygens (including phenoxy) is 3. The fraction of sp³-hybridized carbons (Fsp3) is 0.176. The molecule has 0 aromatic heterocycles. The van der Waals surface area contributed by atoms with Gasteiger partial charge in [-0.25, -0.2) is 4.79 Å². The van der Waals surface area contributed by atoms with E-state index in [2.05, 4.69) is 5.32 Å². The number of esters is 1. The SMILES string of the molecule is Nc1ccc(Cl)cc1C(=O)OCC(=O)Nc1ccc2c(c1)OCCO2. The third kappa shape index (κ3) is 4.13. The van der Waals surface area contributed by atoms with Crippen molar-refractivity contribution in [3.8, 4) is 11.5 Å². The topological polar surface area (TPSA) is 99.9 Å². The largest absolute Gasteiger partial charge is 0.486 e. The Balaban J connectivity index is 1.58. The number of anilines is 2. The van der Waals surface area contributed by atoms with E-state index in [9.17, 15) is 9.59 Å². The molecule has 2 aromatic rings. The van der Waals surface area contributed by atoms with Crippen LogP contribution in [0.15, 0.2) is 36.4 Å². The molecule has 0 unspecified atom stereocenters. The Morgan fingerprint density at radius 2 is 1.88 bits per heavy atom. The van der Waals surface area contributed by atoms with Gasteiger partial charge in [0.15, 0.2) is 18.1 Å². The molecule has 0 saturated heterocycles. The number of halogens is 1. The van der Waals surface area contributed by atoms with E-state index in [0.29, 0.717) is 35.4 Å². The summed E-state index contributed by atoms with van der Waals surface area (Å²) in [6, 6.07) is 9.45. The molecule has 0 bridgehead atoms. The van der Waals surface area contributed by atoms with Gasteiger partial charge in [-0.3, -0.25) is 4.79 Å². The average molecular weight is 363 g/mol. The summed E-state index contributed by atoms with van der Waals surface area (Å²) in [7, 11) is 0. The number of amides is 1. The van der Waals surface area contributed by atoms with Crippen LogP contribution in [0, 0.1) is 0 Å². The maximum atomic E-state index is 12.0. The lowest BCUT2D eigenvalue weighted by molar-refractivity contribution is -0.119. The Morgan fingerprint density at radius 1 is 1.12 bits per heavy atom. The minimum atomic E-state index is -0.725. The molecule has 1 aliphatic rings. The molecule has 0 aliphatic carbocycles. The van der Waals surface area contributed by atoms with E-state index in [0.717, 1.165) is 0 Å². The van der Waals surface area contributed by atoms with Crippen LogP contribution in [0.5, 0.6) is 11.5 Å². The molecule has 0 saturated carbocycles. The van der Waals surface area contributed by atoms with E-state index in [-0.39, 0.29) is 11.3 Å². The molecule has 0 fully saturated rings. The van der Waals surface area contributed by atoms with Gasteiger partial charge in [0.1, 0.15) is 13.2 Å². The summed E-state index contributed by atoms with van der Waals surface area (Å²) in [5.74, 6) is -0.0530. The molecular formula is C17H15ClN2O5. The zero-order chi connectivity index (χ0) is 17.8. The number of carbonyl (C=O) groups excluding carboxylic acids is 2. The fourth-order valence-electron chi connectivity index (χ4n) is 2.23. The summed E-state index contributed by atoms with van der Waals surface area (Å²) < 4.78 is 15.8. The fourth-order valence-corrected chi connectivity index (χ4v) is 2.40. The van der Waals surface area contributed by atoms with Crippen molar-refractivity contribution < 1.29 is 23.8 Å². The van der Waals surface area contributed by atoms with Crippen LogP contribution in [0.4, 0.5) is 11.4 Å². The summed E-state index contributed by atoms with van der Waals surface area (Å²) >= 11 is 5.82. The van der Waals surface area contributed by atoms with Gasteiger partial charge in [-0.1, -0.05) is 11.6 Å². The van der Waals surface area contributed by atoms with Gasteiger partial charge in [0.25, 0.3) is 5.91 Å². The number of hydrogen-bond acceptors (Lipinski definition) is 6. The second-order valence-electron chi connectivity index (χ2n) is 5.21. The second-order valence-corrected chi connectivity index (χ2v) is 5.65. The van der Waals surface area contributed by atoms with Gasteiger partial charge < -0.3 is 25.3 Å². The van der Waals surface area contributed by atoms with Crippen molar-refractivity contribution in [2.45, 2.75) is 0 Å². The molecule has 3 rings (SSSR count). The van der Waals surface area contributed by atoms with Crippen LogP contribution < -0.4 is 20.5 Å². The number of rotatable bonds is 4. The Bertz CT molecular complexity index is 825. The number of fused-ring (bicyclic) bond motifs is 1. The molecule has 0 radical (unpaired) electrons. The highest BCUT2D eigenvalue weighted by Crippen LogP contribution is 2.32. The highest BCUT2D eigenvalue weighted by molar-refractivity contribution is 6.31. The van der Waals surface area contributed by atoms with Crippen LogP contribution in [0.25, 0.3) is 0 Å². The molecule has 8 heteroatoms. The number of hydrogen-bond donors (Lipinski definition) is 2. The molecule has 1 heterocycles. The van der Waals surface area contributed by atoms with Crippen molar-refractivity contribution in [3.05, 3.63) is 47.0 Å². The molecule has 1 aliphatic heterocycles. The van der Waals surface area contributed by atoms with E-state index in [1.54, 1.807) is 24.3 Å². The normalized spacial score (nSPS) is 12.4. The summed E-state index contributed by atoms with van der Waals surface area (Å²) in [4.78, 5) is 23.9. The van der Waals surface area contributed by atoms with Crippen LogP contribution in [-0.4, -0.2) is 31.7 Å². The number of nitrogens with one attached hydrogen (secondary N) is 1. The van der Waals surface area contributed by atoms with E-state index in [1.807, 2.05) is 0 Å². The van der Waals surface area contributed by atoms with E-state index >= 15 is 0 Å². The summed E-state index contributed by atoms with van der Waals surface area (Å²) in [6.07, 6.45) is 0. The van der Waals surface area contributed by atoms with Crippen LogP contribution in [0.2, 0.25) is 5.02 Å². The van der Waals surface area contributed by atoms with Gasteiger partial charge in [0.05, 0.1) is 5.56 Å². The minimum Gasteiger partial charge on any atom is -0.486 e. The van der Waals surface area contributed by atoms with Crippen LogP contribution in [0.3, 0.4) is 0 Å².